The Kier molecular flexibility index (Phi) is 2.68. The molecule has 1 aromatic heterocycles. The summed E-state index contributed by atoms with van der Waals surface area (Å²) >= 11 is 1.14. The maximum Gasteiger partial charge on any atom is 0.259 e. The number of rotatable bonds is 2. The largest absolute Gasteiger partial charge is 0.487 e. The van der Waals surface area contributed by atoms with E-state index >= 15 is 0 Å². The third-order valence-corrected chi connectivity index (χ3v) is 2.16. The van der Waals surface area contributed by atoms with Gasteiger partial charge in [0.05, 0.1) is 12.0 Å². The Balaban J connectivity index is 2.88. The topological polar surface area (TPSA) is 75.1 Å². The number of carbonyl (C=O) groups excluding carboxylic acids is 1. The number of ether oxygens (including phenoxy) is 1. The Morgan fingerprint density at radius 3 is 3.00 bits per heavy atom. The molecular weight excluding hydrogens is 178 g/mol. The molecule has 0 spiro atoms. The molecule has 0 atom stereocenters. The summed E-state index contributed by atoms with van der Waals surface area (Å²) in [5.41, 5.74) is 7.97. The fourth-order valence-corrected chi connectivity index (χ4v) is 1.34. The molecule has 0 radical (unpaired) electrons. The highest BCUT2D eigenvalue weighted by Crippen LogP contribution is 2.24. The first kappa shape index (κ1) is 8.58. The van der Waals surface area contributed by atoms with E-state index in [0.717, 1.165) is 11.3 Å². The third-order valence-electron chi connectivity index (χ3n) is 1.13. The van der Waals surface area contributed by atoms with Gasteiger partial charge in [0.25, 0.3) is 5.91 Å². The van der Waals surface area contributed by atoms with Crippen LogP contribution in [-0.4, -0.2) is 13.0 Å². The Labute approximate surface area is 72.2 Å². The highest BCUT2D eigenvalue weighted by Gasteiger charge is 2.06. The molecule has 0 aliphatic heterocycles. The highest BCUT2D eigenvalue weighted by molar-refractivity contribution is 7.15. The molecule has 1 amide bonds. The molecule has 0 saturated heterocycles. The molecule has 1 rings (SSSR count). The summed E-state index contributed by atoms with van der Waals surface area (Å²) in [6.45, 7) is 0. The van der Waals surface area contributed by atoms with Crippen molar-refractivity contribution in [1.82, 2.24) is 0 Å². The number of amides is 1. The van der Waals surface area contributed by atoms with Crippen LogP contribution in [0.1, 0.15) is 9.67 Å². The first-order valence-corrected chi connectivity index (χ1v) is 3.83. The molecule has 0 unspecified atom stereocenters. The molecule has 0 aliphatic carbocycles. The minimum Gasteiger partial charge on any atom is -0.487 e. The molecule has 1 aromatic rings. The first-order valence-electron chi connectivity index (χ1n) is 3.01. The lowest BCUT2D eigenvalue weighted by Crippen LogP contribution is -1.86. The van der Waals surface area contributed by atoms with Gasteiger partial charge in [0.2, 0.25) is 0 Å². The van der Waals surface area contributed by atoms with Crippen molar-refractivity contribution in [2.45, 2.75) is 0 Å². The van der Waals surface area contributed by atoms with E-state index in [0.29, 0.717) is 9.94 Å². The number of hydrogen-bond donors (Lipinski definition) is 0. The van der Waals surface area contributed by atoms with Gasteiger partial charge in [-0.3, -0.25) is 4.79 Å². The number of nitrogens with zero attached hydrogens (tertiary/aromatic N) is 3. The number of hydrogen-bond acceptors (Lipinski definition) is 3. The smallest absolute Gasteiger partial charge is 0.259 e. The Bertz CT molecular complexity index is 340. The molecule has 0 bridgehead atoms. The van der Waals surface area contributed by atoms with E-state index < -0.39 is 5.91 Å². The third kappa shape index (κ3) is 1.75. The van der Waals surface area contributed by atoms with Crippen LogP contribution in [0.25, 0.3) is 10.4 Å². The zero-order chi connectivity index (χ0) is 8.97. The van der Waals surface area contributed by atoms with Crippen molar-refractivity contribution < 1.29 is 9.53 Å². The van der Waals surface area contributed by atoms with E-state index in [1.807, 2.05) is 0 Å². The van der Waals surface area contributed by atoms with Gasteiger partial charge >= 0.3 is 0 Å². The van der Waals surface area contributed by atoms with Gasteiger partial charge in [-0.2, -0.15) is 0 Å². The molecule has 1 heterocycles. The van der Waals surface area contributed by atoms with Crippen molar-refractivity contribution in [3.8, 4) is 5.06 Å². The van der Waals surface area contributed by atoms with Gasteiger partial charge in [-0.25, -0.2) is 0 Å². The monoisotopic (exact) mass is 183 g/mol. The highest BCUT2D eigenvalue weighted by atomic mass is 32.1. The van der Waals surface area contributed by atoms with Gasteiger partial charge in [-0.1, -0.05) is 11.3 Å². The summed E-state index contributed by atoms with van der Waals surface area (Å²) in [5.74, 6) is -0.578. The second-order valence-electron chi connectivity index (χ2n) is 1.82. The van der Waals surface area contributed by atoms with Crippen LogP contribution in [-0.2, 0) is 0 Å². The van der Waals surface area contributed by atoms with E-state index in [4.69, 9.17) is 10.3 Å². The molecule has 0 N–H and O–H groups in total. The maximum atomic E-state index is 10.9. The number of azide groups is 1. The zero-order valence-electron chi connectivity index (χ0n) is 6.22. The zero-order valence-corrected chi connectivity index (χ0v) is 7.04. The lowest BCUT2D eigenvalue weighted by Gasteiger charge is -1.88. The van der Waals surface area contributed by atoms with E-state index in [1.54, 1.807) is 12.1 Å². The lowest BCUT2D eigenvalue weighted by molar-refractivity contribution is 0.100. The van der Waals surface area contributed by atoms with E-state index in [9.17, 15) is 4.79 Å². The Morgan fingerprint density at radius 2 is 2.50 bits per heavy atom. The molecule has 5 nitrogen and oxygen atoms in total. The minimum atomic E-state index is -0.578. The SMILES string of the molecule is COc1ccc(C(=O)N=[N+]=[N-])s1. The molecule has 62 valence electrons. The fraction of sp³-hybridized carbons (Fsp3) is 0.167. The summed E-state index contributed by atoms with van der Waals surface area (Å²) < 4.78 is 4.85. The molecule has 6 heteroatoms. The van der Waals surface area contributed by atoms with Crippen LogP contribution in [0.2, 0.25) is 0 Å². The molecule has 12 heavy (non-hydrogen) atoms. The van der Waals surface area contributed by atoms with Gasteiger partial charge in [-0.05, 0) is 22.8 Å². The van der Waals surface area contributed by atoms with Crippen LogP contribution < -0.4 is 4.74 Å². The summed E-state index contributed by atoms with van der Waals surface area (Å²) in [6.07, 6.45) is 0. The average molecular weight is 183 g/mol. The predicted molar refractivity (Wildman–Crippen MR) is 44.3 cm³/mol. The molecule has 0 saturated carbocycles. The summed E-state index contributed by atoms with van der Waals surface area (Å²) in [5, 5.41) is 3.56. The van der Waals surface area contributed by atoms with Crippen molar-refractivity contribution in [1.29, 1.82) is 0 Å². The molecule has 0 aromatic carbocycles. The predicted octanol–water partition coefficient (Wildman–Crippen LogP) is 2.21. The Morgan fingerprint density at radius 1 is 1.75 bits per heavy atom. The molecular formula is C6H5N3O2S. The average Bonchev–Trinajstić information content (AvgIpc) is 2.52. The van der Waals surface area contributed by atoms with Crippen molar-refractivity contribution >= 4 is 17.2 Å². The molecule has 0 fully saturated rings. The lowest BCUT2D eigenvalue weighted by atomic mass is 10.4. The second-order valence-corrected chi connectivity index (χ2v) is 2.86. The number of carbonyl (C=O) groups is 1. The van der Waals surface area contributed by atoms with Crippen LogP contribution in [0.15, 0.2) is 17.2 Å². The van der Waals surface area contributed by atoms with Crippen LogP contribution >= 0.6 is 11.3 Å². The van der Waals surface area contributed by atoms with E-state index in [1.165, 1.54) is 7.11 Å². The van der Waals surface area contributed by atoms with Crippen molar-refractivity contribution in [2.24, 2.45) is 5.11 Å². The molecule has 0 aliphatic rings. The summed E-state index contributed by atoms with van der Waals surface area (Å²) in [6, 6.07) is 3.20. The fourth-order valence-electron chi connectivity index (χ4n) is 0.635. The van der Waals surface area contributed by atoms with E-state index in [-0.39, 0.29) is 0 Å². The van der Waals surface area contributed by atoms with Crippen LogP contribution in [0.4, 0.5) is 0 Å². The number of thiophene rings is 1. The normalized spacial score (nSPS) is 8.75. The second kappa shape index (κ2) is 3.75. The van der Waals surface area contributed by atoms with Gasteiger partial charge in [0, 0.05) is 4.91 Å². The van der Waals surface area contributed by atoms with Crippen molar-refractivity contribution in [2.75, 3.05) is 7.11 Å². The van der Waals surface area contributed by atoms with Crippen LogP contribution in [0.5, 0.6) is 5.06 Å². The first-order chi connectivity index (χ1) is 5.77. The van der Waals surface area contributed by atoms with Gasteiger partial charge in [0.15, 0.2) is 5.06 Å². The maximum absolute atomic E-state index is 10.9. The Hall–Kier alpha value is -1.52. The van der Waals surface area contributed by atoms with Crippen molar-refractivity contribution in [3.63, 3.8) is 0 Å². The quantitative estimate of drug-likeness (QED) is 0.400. The van der Waals surface area contributed by atoms with Gasteiger partial charge in [-0.15, -0.1) is 0 Å². The standard InChI is InChI=1S/C6H5N3O2S/c1-11-5-3-2-4(12-5)6(10)8-9-7/h2-3H,1H3. The number of methoxy groups -OCH3 is 1. The minimum absolute atomic E-state index is 0.379. The van der Waals surface area contributed by atoms with Crippen LogP contribution in [0.3, 0.4) is 0 Å². The summed E-state index contributed by atoms with van der Waals surface area (Å²) in [4.78, 5) is 13.7. The van der Waals surface area contributed by atoms with E-state index in [2.05, 4.69) is 10.0 Å². The van der Waals surface area contributed by atoms with Gasteiger partial charge in [0.1, 0.15) is 0 Å². The summed E-state index contributed by atoms with van der Waals surface area (Å²) in [7, 11) is 1.51. The van der Waals surface area contributed by atoms with Gasteiger partial charge < -0.3 is 4.74 Å². The van der Waals surface area contributed by atoms with Crippen LogP contribution in [0, 0.1) is 0 Å². The van der Waals surface area contributed by atoms with Crippen molar-refractivity contribution in [3.05, 3.63) is 27.5 Å².